The first-order chi connectivity index (χ1) is 13.8. The third-order valence-corrected chi connectivity index (χ3v) is 6.90. The minimum absolute atomic E-state index is 0.105. The van der Waals surface area contributed by atoms with Crippen molar-refractivity contribution in [3.63, 3.8) is 0 Å². The van der Waals surface area contributed by atoms with Gasteiger partial charge in [0.15, 0.2) is 0 Å². The molecule has 0 atom stereocenters. The molecule has 0 aliphatic carbocycles. The molecule has 152 valence electrons. The molecule has 0 spiro atoms. The molecular weight excluding hydrogens is 450 g/mol. The molecule has 0 saturated carbocycles. The van der Waals surface area contributed by atoms with Crippen LogP contribution in [0.3, 0.4) is 0 Å². The lowest BCUT2D eigenvalue weighted by atomic mass is 9.81. The van der Waals surface area contributed by atoms with Gasteiger partial charge in [-0.2, -0.15) is 0 Å². The van der Waals surface area contributed by atoms with Crippen molar-refractivity contribution in [2.45, 2.75) is 32.2 Å². The number of likely N-dealkylation sites (N-methyl/N-ethyl adjacent to an activating group) is 1. The first kappa shape index (κ1) is 20.3. The molecule has 1 amide bonds. The van der Waals surface area contributed by atoms with E-state index >= 15 is 0 Å². The summed E-state index contributed by atoms with van der Waals surface area (Å²) in [5.74, 6) is -0.105. The number of benzene rings is 1. The highest BCUT2D eigenvalue weighted by Gasteiger charge is 2.28. The first-order valence-corrected chi connectivity index (χ1v) is 11.2. The number of carbonyl (C=O) groups is 1. The number of nitrogens with one attached hydrogen (secondary N) is 1. The summed E-state index contributed by atoms with van der Waals surface area (Å²) in [5.41, 5.74) is 4.61. The van der Waals surface area contributed by atoms with Crippen molar-refractivity contribution in [3.8, 4) is 5.69 Å². The maximum atomic E-state index is 12.2. The summed E-state index contributed by atoms with van der Waals surface area (Å²) >= 11 is 4.78. The second-order valence-corrected chi connectivity index (χ2v) is 10.6. The van der Waals surface area contributed by atoms with E-state index in [4.69, 9.17) is 0 Å². The second kappa shape index (κ2) is 8.01. The molecule has 6 nitrogen and oxygen atoms in total. The monoisotopic (exact) mass is 473 g/mol. The number of hydrogen-bond acceptors (Lipinski definition) is 5. The summed E-state index contributed by atoms with van der Waals surface area (Å²) in [4.78, 5) is 15.3. The molecule has 0 unspecified atom stereocenters. The van der Waals surface area contributed by atoms with E-state index in [9.17, 15) is 4.79 Å². The van der Waals surface area contributed by atoms with Gasteiger partial charge in [-0.3, -0.25) is 4.79 Å². The van der Waals surface area contributed by atoms with Crippen molar-refractivity contribution < 1.29 is 4.79 Å². The summed E-state index contributed by atoms with van der Waals surface area (Å²) in [6.45, 7) is 7.04. The maximum absolute atomic E-state index is 12.2. The smallest absolute Gasteiger partial charge is 0.261 e. The van der Waals surface area contributed by atoms with Crippen LogP contribution < -0.4 is 5.32 Å². The summed E-state index contributed by atoms with van der Waals surface area (Å²) in [6, 6.07) is 10.2. The molecule has 3 heterocycles. The van der Waals surface area contributed by atoms with Crippen LogP contribution in [-0.4, -0.2) is 45.9 Å². The van der Waals surface area contributed by atoms with E-state index in [-0.39, 0.29) is 11.3 Å². The molecule has 0 saturated heterocycles. The van der Waals surface area contributed by atoms with Gasteiger partial charge in [-0.25, -0.2) is 4.68 Å². The lowest BCUT2D eigenvalue weighted by molar-refractivity contribution is 0.0954. The average molecular weight is 474 g/mol. The van der Waals surface area contributed by atoms with Crippen LogP contribution in [0.2, 0.25) is 0 Å². The van der Waals surface area contributed by atoms with Gasteiger partial charge in [0.25, 0.3) is 5.91 Å². The minimum atomic E-state index is -0.105. The van der Waals surface area contributed by atoms with Crippen molar-refractivity contribution in [2.75, 3.05) is 20.1 Å². The number of thiophene rings is 1. The quantitative estimate of drug-likeness (QED) is 0.625. The molecular formula is C21H24BrN5OS. The predicted molar refractivity (Wildman–Crippen MR) is 119 cm³/mol. The number of carbonyl (C=O) groups excluding carboxylic acids is 1. The van der Waals surface area contributed by atoms with Crippen LogP contribution in [0.25, 0.3) is 5.69 Å². The van der Waals surface area contributed by atoms with Gasteiger partial charge in [-0.1, -0.05) is 25.1 Å². The third kappa shape index (κ3) is 4.44. The summed E-state index contributed by atoms with van der Waals surface area (Å²) in [7, 11) is 2.18. The lowest BCUT2D eigenvalue weighted by Gasteiger charge is -2.28. The van der Waals surface area contributed by atoms with Gasteiger partial charge in [0.1, 0.15) is 5.69 Å². The Morgan fingerprint density at radius 3 is 2.90 bits per heavy atom. The molecule has 3 aromatic rings. The van der Waals surface area contributed by atoms with Gasteiger partial charge in [-0.15, -0.1) is 16.4 Å². The number of hydrogen-bond donors (Lipinski definition) is 1. The topological polar surface area (TPSA) is 63.0 Å². The summed E-state index contributed by atoms with van der Waals surface area (Å²) < 4.78 is 2.72. The molecule has 1 aliphatic rings. The summed E-state index contributed by atoms with van der Waals surface area (Å²) in [5, 5.41) is 11.4. The van der Waals surface area contributed by atoms with E-state index in [0.29, 0.717) is 11.4 Å². The zero-order valence-corrected chi connectivity index (χ0v) is 19.2. The standard InChI is InChI=1S/C21H24BrN5OS/c1-21(2)13-26(3)9-8-14-10-16(4-5-17(14)21)27-12-15(24-25-27)11-23-20(28)18-6-7-19(22)29-18/h4-7,10,12H,8-9,11,13H2,1-3H3,(H,23,28). The number of rotatable bonds is 4. The van der Waals surface area contributed by atoms with Crippen LogP contribution in [0, 0.1) is 0 Å². The van der Waals surface area contributed by atoms with E-state index < -0.39 is 0 Å². The molecule has 0 fully saturated rings. The predicted octanol–water partition coefficient (Wildman–Crippen LogP) is 3.79. The van der Waals surface area contributed by atoms with Gasteiger partial charge in [0.2, 0.25) is 0 Å². The number of halogens is 1. The molecule has 2 aromatic heterocycles. The lowest BCUT2D eigenvalue weighted by Crippen LogP contribution is -2.33. The van der Waals surface area contributed by atoms with Crippen molar-refractivity contribution in [1.82, 2.24) is 25.2 Å². The Kier molecular flexibility index (Phi) is 5.59. The summed E-state index contributed by atoms with van der Waals surface area (Å²) in [6.07, 6.45) is 2.90. The van der Waals surface area contributed by atoms with E-state index in [1.165, 1.54) is 22.5 Å². The zero-order chi connectivity index (χ0) is 20.6. The number of amides is 1. The van der Waals surface area contributed by atoms with Gasteiger partial charge in [0.05, 0.1) is 27.1 Å². The molecule has 0 bridgehead atoms. The number of aromatic nitrogens is 3. The first-order valence-electron chi connectivity index (χ1n) is 9.59. The Bertz CT molecular complexity index is 1040. The van der Waals surface area contributed by atoms with Crippen LogP contribution >= 0.6 is 27.3 Å². The van der Waals surface area contributed by atoms with E-state index in [2.05, 4.69) is 75.6 Å². The number of nitrogens with zero attached hydrogens (tertiary/aromatic N) is 4. The molecule has 29 heavy (non-hydrogen) atoms. The average Bonchev–Trinajstić information content (AvgIpc) is 3.30. The largest absolute Gasteiger partial charge is 0.346 e. The van der Waals surface area contributed by atoms with Crippen LogP contribution in [0.1, 0.15) is 40.3 Å². The maximum Gasteiger partial charge on any atom is 0.261 e. The fourth-order valence-electron chi connectivity index (χ4n) is 3.94. The molecule has 8 heteroatoms. The van der Waals surface area contributed by atoms with Crippen molar-refractivity contribution in [1.29, 1.82) is 0 Å². The van der Waals surface area contributed by atoms with Crippen molar-refractivity contribution in [2.24, 2.45) is 0 Å². The normalized spacial score (nSPS) is 16.3. The highest BCUT2D eigenvalue weighted by molar-refractivity contribution is 9.11. The van der Waals surface area contributed by atoms with Crippen LogP contribution in [0.15, 0.2) is 40.3 Å². The second-order valence-electron chi connectivity index (χ2n) is 8.15. The van der Waals surface area contributed by atoms with Crippen LogP contribution in [0.5, 0.6) is 0 Å². The van der Waals surface area contributed by atoms with Crippen molar-refractivity contribution in [3.05, 3.63) is 62.0 Å². The van der Waals surface area contributed by atoms with Gasteiger partial charge < -0.3 is 10.2 Å². The zero-order valence-electron chi connectivity index (χ0n) is 16.8. The van der Waals surface area contributed by atoms with Crippen LogP contribution in [0.4, 0.5) is 0 Å². The van der Waals surface area contributed by atoms with E-state index in [1.807, 2.05) is 12.3 Å². The highest BCUT2D eigenvalue weighted by Crippen LogP contribution is 2.31. The van der Waals surface area contributed by atoms with Gasteiger partial charge in [0, 0.05) is 18.5 Å². The molecule has 1 aliphatic heterocycles. The van der Waals surface area contributed by atoms with Crippen molar-refractivity contribution >= 4 is 33.2 Å². The Balaban J connectivity index is 1.49. The molecule has 0 radical (unpaired) electrons. The molecule has 4 rings (SSSR count). The number of fused-ring (bicyclic) bond motifs is 1. The van der Waals surface area contributed by atoms with Gasteiger partial charge in [-0.05, 0) is 64.8 Å². The van der Waals surface area contributed by atoms with Crippen LogP contribution in [-0.2, 0) is 18.4 Å². The van der Waals surface area contributed by atoms with E-state index in [1.54, 1.807) is 10.7 Å². The SMILES string of the molecule is CN1CCc2cc(-n3cc(CNC(=O)c4ccc(Br)s4)nn3)ccc2C(C)(C)C1. The molecule has 1 N–H and O–H groups in total. The fourth-order valence-corrected chi connectivity index (χ4v) is 5.24. The van der Waals surface area contributed by atoms with E-state index in [0.717, 1.165) is 34.7 Å². The molecule has 1 aromatic carbocycles. The third-order valence-electron chi connectivity index (χ3n) is 5.28. The Morgan fingerprint density at radius 1 is 1.31 bits per heavy atom. The Labute approximate surface area is 183 Å². The Hall–Kier alpha value is -2.03. The highest BCUT2D eigenvalue weighted by atomic mass is 79.9. The Morgan fingerprint density at radius 2 is 2.14 bits per heavy atom. The minimum Gasteiger partial charge on any atom is -0.346 e. The van der Waals surface area contributed by atoms with Gasteiger partial charge >= 0.3 is 0 Å². The fraction of sp³-hybridized carbons (Fsp3) is 0.381.